The first-order chi connectivity index (χ1) is 21.5. The fourth-order valence-electron chi connectivity index (χ4n) is 3.26. The minimum atomic E-state index is -9.77. The molecule has 0 spiro atoms. The van der Waals surface area contributed by atoms with Gasteiger partial charge in [0.1, 0.15) is 0 Å². The van der Waals surface area contributed by atoms with Crippen LogP contribution in [-0.2, 0) is 0 Å². The predicted octanol–water partition coefficient (Wildman–Crippen LogP) is 12.0. The van der Waals surface area contributed by atoms with Crippen molar-refractivity contribution in [1.82, 2.24) is 0 Å². The van der Waals surface area contributed by atoms with E-state index < -0.39 is 109 Å². The second-order valence-electron chi connectivity index (χ2n) is 9.76. The van der Waals surface area contributed by atoms with Gasteiger partial charge in [-0.1, -0.05) is 0 Å². The Morgan fingerprint density at radius 3 is 0.538 bits per heavy atom. The Bertz CT molecular complexity index is 1110. The van der Waals surface area contributed by atoms with Crippen LogP contribution in [0.1, 0.15) is 13.8 Å². The van der Waals surface area contributed by atoms with Gasteiger partial charge < -0.3 is 0 Å². The summed E-state index contributed by atoms with van der Waals surface area (Å²) in [6, 6.07) is 0. The molecular weight excluding hydrogens is 862 g/mol. The molecule has 52 heavy (non-hydrogen) atoms. The van der Waals surface area contributed by atoms with Gasteiger partial charge in [-0.25, -0.2) is 22.0 Å². The minimum Gasteiger partial charge on any atom is -0.230 e. The molecule has 0 saturated carbocycles. The topological polar surface area (TPSA) is 0 Å². The third-order valence-corrected chi connectivity index (χ3v) is 6.35. The van der Waals surface area contributed by atoms with E-state index in [-0.39, 0.29) is 0 Å². The second-order valence-corrected chi connectivity index (χ2v) is 9.76. The zero-order valence-electron chi connectivity index (χ0n) is 22.9. The van der Waals surface area contributed by atoms with Crippen molar-refractivity contribution in [1.29, 1.82) is 0 Å². The molecule has 316 valence electrons. The van der Waals surface area contributed by atoms with Crippen LogP contribution >= 0.6 is 0 Å². The van der Waals surface area contributed by atoms with Gasteiger partial charge in [0.2, 0.25) is 5.67 Å². The van der Waals surface area contributed by atoms with Crippen molar-refractivity contribution < 1.29 is 149 Å². The van der Waals surface area contributed by atoms with Gasteiger partial charge in [0.05, 0.1) is 0 Å². The van der Waals surface area contributed by atoms with Gasteiger partial charge in [0.25, 0.3) is 11.3 Å². The van der Waals surface area contributed by atoms with Crippen LogP contribution in [0.4, 0.5) is 149 Å². The maximum Gasteiger partial charge on any atom is 0.460 e. The highest BCUT2D eigenvalue weighted by Gasteiger charge is 3.04. The monoisotopic (exact) mass is 868 g/mol. The van der Waals surface area contributed by atoms with E-state index in [1.807, 2.05) is 0 Å². The molecule has 0 radical (unpaired) electrons. The molecule has 0 N–H and O–H groups in total. The van der Waals surface area contributed by atoms with Crippen molar-refractivity contribution in [2.24, 2.45) is 0 Å². The summed E-state index contributed by atoms with van der Waals surface area (Å²) in [5.41, 5.74) is -41.3. The van der Waals surface area contributed by atoms with Gasteiger partial charge in [-0.3, -0.25) is 0 Å². The molecule has 0 rings (SSSR count). The summed E-state index contributed by atoms with van der Waals surface area (Å²) in [6.45, 7) is -2.55. The van der Waals surface area contributed by atoms with E-state index >= 15 is 0 Å². The molecule has 34 heteroatoms. The lowest BCUT2D eigenvalue weighted by atomic mass is 9.68. The van der Waals surface area contributed by atoms with Crippen LogP contribution in [0.2, 0.25) is 0 Å². The Morgan fingerprint density at radius 1 is 0.173 bits per heavy atom. The van der Waals surface area contributed by atoms with Gasteiger partial charge in [-0.05, 0) is 13.8 Å². The molecular formula is C18H6F34. The zero-order valence-corrected chi connectivity index (χ0v) is 22.9. The third-order valence-electron chi connectivity index (χ3n) is 6.35. The highest BCUT2D eigenvalue weighted by atomic mass is 19.5. The van der Waals surface area contributed by atoms with E-state index in [4.69, 9.17) is 0 Å². The fourth-order valence-corrected chi connectivity index (χ4v) is 3.26. The summed E-state index contributed by atoms with van der Waals surface area (Å²) in [5, 5.41) is 0. The standard InChI is InChI=1S/C9F20.C9H6F14/c10-1(4(13,14)9(27,28)29,2(11,5(15,16)17)6(18,19)20)3(12,7(21,22)23)8(24,25)26;1-3(10,5(12,13)4(2,11)8(18,19)20)6(14,15)7(16,17)9(21,22)23/h;1-2H3. The Kier molecular flexibility index (Phi) is 12.5. The van der Waals surface area contributed by atoms with Crippen LogP contribution in [-0.4, -0.2) is 95.3 Å². The van der Waals surface area contributed by atoms with E-state index in [2.05, 4.69) is 0 Å². The SMILES string of the molecule is CC(F)(C(F)(F)F)C(F)(F)C(C)(F)C(F)(F)C(F)(F)C(F)(F)F.FC(F)(F)C(F)(F)C(F)(C(F)(C(F)(F)F)C(F)(F)F)C(F)(C(F)(F)F)C(F)(F)F. The Labute approximate surface area is 260 Å². The van der Waals surface area contributed by atoms with E-state index in [0.717, 1.165) is 0 Å². The van der Waals surface area contributed by atoms with Crippen molar-refractivity contribution in [2.75, 3.05) is 0 Å². The van der Waals surface area contributed by atoms with E-state index in [0.29, 0.717) is 0 Å². The average Bonchev–Trinajstić information content (AvgIpc) is 2.82. The Morgan fingerprint density at radius 2 is 0.385 bits per heavy atom. The Balaban J connectivity index is 0. The smallest absolute Gasteiger partial charge is 0.230 e. The third kappa shape index (κ3) is 6.77. The maximum atomic E-state index is 14.0. The quantitative estimate of drug-likeness (QED) is 0.224. The van der Waals surface area contributed by atoms with Crippen molar-refractivity contribution in [3.63, 3.8) is 0 Å². The highest BCUT2D eigenvalue weighted by Crippen LogP contribution is 2.71. The number of hydrogen-bond donors (Lipinski definition) is 0. The first-order valence-corrected chi connectivity index (χ1v) is 10.9. The van der Waals surface area contributed by atoms with Crippen molar-refractivity contribution >= 4 is 0 Å². The summed E-state index contributed by atoms with van der Waals surface area (Å²) >= 11 is 0. The van der Waals surface area contributed by atoms with Crippen LogP contribution < -0.4 is 0 Å². The van der Waals surface area contributed by atoms with E-state index in [1.165, 1.54) is 0 Å². The minimum absolute atomic E-state index is 1.17. The molecule has 0 heterocycles. The molecule has 2 unspecified atom stereocenters. The van der Waals surface area contributed by atoms with Crippen molar-refractivity contribution in [2.45, 2.75) is 109 Å². The summed E-state index contributed by atoms with van der Waals surface area (Å²) < 4.78 is 429. The molecule has 0 amide bonds. The van der Waals surface area contributed by atoms with Crippen molar-refractivity contribution in [3.05, 3.63) is 0 Å². The first kappa shape index (κ1) is 51.7. The van der Waals surface area contributed by atoms with Gasteiger partial charge in [-0.2, -0.15) is 127 Å². The lowest BCUT2D eigenvalue weighted by molar-refractivity contribution is -0.491. The molecule has 0 aromatic heterocycles. The molecule has 0 fully saturated rings. The van der Waals surface area contributed by atoms with Crippen LogP contribution in [0.3, 0.4) is 0 Å². The Hall–Kier alpha value is -2.38. The molecule has 0 nitrogen and oxygen atoms in total. The zero-order chi connectivity index (χ0) is 44.0. The highest BCUT2D eigenvalue weighted by molar-refractivity contribution is 5.29. The molecule has 2 atom stereocenters. The summed E-state index contributed by atoms with van der Waals surface area (Å²) in [7, 11) is 0. The van der Waals surface area contributed by atoms with Gasteiger partial charge in [0.15, 0.2) is 0 Å². The average molecular weight is 868 g/mol. The molecule has 0 bridgehead atoms. The summed E-state index contributed by atoms with van der Waals surface area (Å²) in [5.74, 6) is -31.1. The number of rotatable bonds is 7. The van der Waals surface area contributed by atoms with Gasteiger partial charge in [-0.15, -0.1) is 0 Å². The van der Waals surface area contributed by atoms with Crippen LogP contribution in [0.5, 0.6) is 0 Å². The largest absolute Gasteiger partial charge is 0.460 e. The number of hydrogen-bond acceptors (Lipinski definition) is 0. The summed E-state index contributed by atoms with van der Waals surface area (Å²) in [6.07, 6.45) is -57.6. The van der Waals surface area contributed by atoms with Gasteiger partial charge in [0, 0.05) is 0 Å². The lowest BCUT2D eigenvalue weighted by Crippen LogP contribution is -2.86. The van der Waals surface area contributed by atoms with Crippen LogP contribution in [0, 0.1) is 0 Å². The molecule has 0 aliphatic carbocycles. The van der Waals surface area contributed by atoms with Crippen molar-refractivity contribution in [3.8, 4) is 0 Å². The second kappa shape index (κ2) is 12.6. The lowest BCUT2D eigenvalue weighted by Gasteiger charge is -2.51. The molecule has 0 saturated heterocycles. The molecule has 0 aromatic rings. The fraction of sp³-hybridized carbons (Fsp3) is 1.00. The van der Waals surface area contributed by atoms with Gasteiger partial charge >= 0.3 is 78.3 Å². The van der Waals surface area contributed by atoms with Crippen LogP contribution in [0.25, 0.3) is 0 Å². The van der Waals surface area contributed by atoms with E-state index in [1.54, 1.807) is 0 Å². The molecule has 0 aromatic carbocycles. The molecule has 0 aliphatic heterocycles. The predicted molar refractivity (Wildman–Crippen MR) is 92.7 cm³/mol. The number of halogens is 34. The maximum absolute atomic E-state index is 14.0. The van der Waals surface area contributed by atoms with E-state index in [9.17, 15) is 149 Å². The van der Waals surface area contributed by atoms with Crippen LogP contribution in [0.15, 0.2) is 0 Å². The normalized spacial score (nSPS) is 18.7. The number of alkyl halides is 34. The first-order valence-electron chi connectivity index (χ1n) is 10.9. The summed E-state index contributed by atoms with van der Waals surface area (Å²) in [4.78, 5) is 0. The molecule has 0 aliphatic rings.